The minimum Gasteiger partial charge on any atom is -0.334 e. The molecule has 1 unspecified atom stereocenters. The Morgan fingerprint density at radius 3 is 2.27 bits per heavy atom. The van der Waals surface area contributed by atoms with Crippen LogP contribution in [0.1, 0.15) is 44.3 Å². The van der Waals surface area contributed by atoms with Gasteiger partial charge < -0.3 is 9.80 Å². The quantitative estimate of drug-likeness (QED) is 0.641. The molecule has 2 aliphatic heterocycles. The Balaban J connectivity index is 1.40. The molecule has 0 bridgehead atoms. The largest absolute Gasteiger partial charge is 0.334 e. The molecule has 4 nitrogen and oxygen atoms in total. The van der Waals surface area contributed by atoms with Crippen molar-refractivity contribution in [3.8, 4) is 0 Å². The molecule has 0 aromatic heterocycles. The van der Waals surface area contributed by atoms with Crippen LogP contribution in [0.4, 0.5) is 5.69 Å². The van der Waals surface area contributed by atoms with Gasteiger partial charge in [0.25, 0.3) is 11.8 Å². The van der Waals surface area contributed by atoms with Gasteiger partial charge in [0.1, 0.15) is 0 Å². The number of hydrogen-bond acceptors (Lipinski definition) is 2. The van der Waals surface area contributed by atoms with Crippen LogP contribution in [0.5, 0.6) is 0 Å². The minimum absolute atomic E-state index is 0.0194. The highest BCUT2D eigenvalue weighted by Gasteiger charge is 2.31. The molecule has 0 saturated heterocycles. The smallest absolute Gasteiger partial charge is 0.258 e. The van der Waals surface area contributed by atoms with Crippen LogP contribution in [-0.4, -0.2) is 29.3 Å². The van der Waals surface area contributed by atoms with Crippen molar-refractivity contribution < 1.29 is 9.59 Å². The van der Waals surface area contributed by atoms with Crippen LogP contribution in [0.15, 0.2) is 72.8 Å². The zero-order valence-corrected chi connectivity index (χ0v) is 17.0. The van der Waals surface area contributed by atoms with E-state index >= 15 is 0 Å². The van der Waals surface area contributed by atoms with Gasteiger partial charge in [-0.2, -0.15) is 0 Å². The van der Waals surface area contributed by atoms with Gasteiger partial charge in [0.05, 0.1) is 0 Å². The van der Waals surface area contributed by atoms with Crippen LogP contribution in [0.25, 0.3) is 0 Å². The second kappa shape index (κ2) is 7.45. The fraction of sp³-hybridized carbons (Fsp3) is 0.231. The SMILES string of the molecule is CC1Cc2ccccc2N1C(=O)c1cccc(C(=O)N2CCc3ccccc3C2)c1. The summed E-state index contributed by atoms with van der Waals surface area (Å²) in [7, 11) is 0. The second-order valence-electron chi connectivity index (χ2n) is 8.18. The third-order valence-corrected chi connectivity index (χ3v) is 6.20. The van der Waals surface area contributed by atoms with Gasteiger partial charge >= 0.3 is 0 Å². The van der Waals surface area contributed by atoms with E-state index < -0.39 is 0 Å². The number of amides is 2. The van der Waals surface area contributed by atoms with E-state index in [1.165, 1.54) is 16.7 Å². The Morgan fingerprint density at radius 1 is 0.800 bits per heavy atom. The van der Waals surface area contributed by atoms with Crippen LogP contribution >= 0.6 is 0 Å². The molecule has 5 rings (SSSR count). The van der Waals surface area contributed by atoms with Gasteiger partial charge in [-0.1, -0.05) is 48.5 Å². The fourth-order valence-electron chi connectivity index (χ4n) is 4.65. The van der Waals surface area contributed by atoms with Crippen LogP contribution < -0.4 is 4.90 Å². The topological polar surface area (TPSA) is 40.6 Å². The summed E-state index contributed by atoms with van der Waals surface area (Å²) in [6.07, 6.45) is 1.72. The first kappa shape index (κ1) is 18.6. The molecule has 2 aliphatic rings. The second-order valence-corrected chi connectivity index (χ2v) is 8.18. The maximum absolute atomic E-state index is 13.3. The molecule has 0 spiro atoms. The first-order chi connectivity index (χ1) is 14.6. The van der Waals surface area contributed by atoms with E-state index in [-0.39, 0.29) is 17.9 Å². The Kier molecular flexibility index (Phi) is 4.62. The molecule has 150 valence electrons. The van der Waals surface area contributed by atoms with Gasteiger partial charge in [0.15, 0.2) is 0 Å². The fourth-order valence-corrected chi connectivity index (χ4v) is 4.65. The molecule has 0 N–H and O–H groups in total. The Labute approximate surface area is 176 Å². The zero-order valence-electron chi connectivity index (χ0n) is 17.0. The predicted molar refractivity (Wildman–Crippen MR) is 118 cm³/mol. The minimum atomic E-state index is -0.0499. The average molecular weight is 396 g/mol. The molecular formula is C26H24N2O2. The number of anilines is 1. The average Bonchev–Trinajstić information content (AvgIpc) is 3.13. The van der Waals surface area contributed by atoms with Crippen molar-refractivity contribution >= 4 is 17.5 Å². The number of nitrogens with zero attached hydrogens (tertiary/aromatic N) is 2. The number of fused-ring (bicyclic) bond motifs is 2. The lowest BCUT2D eigenvalue weighted by Crippen LogP contribution is -2.37. The highest BCUT2D eigenvalue weighted by atomic mass is 16.2. The number of carbonyl (C=O) groups excluding carboxylic acids is 2. The summed E-state index contributed by atoms with van der Waals surface area (Å²) in [6, 6.07) is 23.6. The number of benzene rings is 3. The molecule has 2 heterocycles. The van der Waals surface area contributed by atoms with E-state index in [0.29, 0.717) is 24.2 Å². The van der Waals surface area contributed by atoms with Gasteiger partial charge in [0.2, 0.25) is 0 Å². The van der Waals surface area contributed by atoms with Crippen molar-refractivity contribution in [2.45, 2.75) is 32.4 Å². The van der Waals surface area contributed by atoms with Crippen LogP contribution in [0.2, 0.25) is 0 Å². The number of carbonyl (C=O) groups is 2. The highest BCUT2D eigenvalue weighted by molar-refractivity contribution is 6.09. The molecule has 0 aliphatic carbocycles. The predicted octanol–water partition coefficient (Wildman–Crippen LogP) is 4.48. The van der Waals surface area contributed by atoms with E-state index in [4.69, 9.17) is 0 Å². The first-order valence-electron chi connectivity index (χ1n) is 10.5. The summed E-state index contributed by atoms with van der Waals surface area (Å²) in [5, 5.41) is 0. The molecule has 3 aromatic rings. The number of hydrogen-bond donors (Lipinski definition) is 0. The molecule has 0 saturated carbocycles. The Bertz CT molecular complexity index is 1140. The van der Waals surface area contributed by atoms with Crippen LogP contribution in [0, 0.1) is 0 Å². The molecule has 0 fully saturated rings. The Hall–Kier alpha value is -3.40. The number of para-hydroxylation sites is 1. The summed E-state index contributed by atoms with van der Waals surface area (Å²) in [4.78, 5) is 30.2. The van der Waals surface area contributed by atoms with E-state index in [9.17, 15) is 9.59 Å². The lowest BCUT2D eigenvalue weighted by Gasteiger charge is -2.29. The van der Waals surface area contributed by atoms with Crippen molar-refractivity contribution in [2.24, 2.45) is 0 Å². The third-order valence-electron chi connectivity index (χ3n) is 6.20. The molecular weight excluding hydrogens is 372 g/mol. The lowest BCUT2D eigenvalue weighted by molar-refractivity contribution is 0.0734. The molecule has 0 radical (unpaired) electrons. The van der Waals surface area contributed by atoms with E-state index in [0.717, 1.165) is 18.5 Å². The van der Waals surface area contributed by atoms with E-state index in [2.05, 4.69) is 25.1 Å². The van der Waals surface area contributed by atoms with Crippen molar-refractivity contribution in [3.05, 3.63) is 101 Å². The summed E-state index contributed by atoms with van der Waals surface area (Å²) in [6.45, 7) is 3.38. The molecule has 30 heavy (non-hydrogen) atoms. The van der Waals surface area contributed by atoms with Crippen LogP contribution in [0.3, 0.4) is 0 Å². The standard InChI is InChI=1S/C26H24N2O2/c1-18-15-20-8-4-5-12-24(20)28(18)26(30)22-11-6-10-21(16-22)25(29)27-14-13-19-7-2-3-9-23(19)17-27/h2-12,16,18H,13-15,17H2,1H3. The molecule has 4 heteroatoms. The van der Waals surface area contributed by atoms with Crippen LogP contribution in [-0.2, 0) is 19.4 Å². The first-order valence-corrected chi connectivity index (χ1v) is 10.5. The zero-order chi connectivity index (χ0) is 20.7. The highest BCUT2D eigenvalue weighted by Crippen LogP contribution is 2.33. The summed E-state index contributed by atoms with van der Waals surface area (Å²) >= 11 is 0. The molecule has 3 aromatic carbocycles. The van der Waals surface area contributed by atoms with Gasteiger partial charge in [-0.3, -0.25) is 9.59 Å². The monoisotopic (exact) mass is 396 g/mol. The Morgan fingerprint density at radius 2 is 1.47 bits per heavy atom. The van der Waals surface area contributed by atoms with Crippen molar-refractivity contribution in [1.82, 2.24) is 4.90 Å². The lowest BCUT2D eigenvalue weighted by atomic mass is 9.99. The van der Waals surface area contributed by atoms with Crippen molar-refractivity contribution in [1.29, 1.82) is 0 Å². The maximum Gasteiger partial charge on any atom is 0.258 e. The van der Waals surface area contributed by atoms with E-state index in [1.54, 1.807) is 18.2 Å². The normalized spacial score (nSPS) is 17.4. The van der Waals surface area contributed by atoms with Gasteiger partial charge in [-0.25, -0.2) is 0 Å². The maximum atomic E-state index is 13.3. The third kappa shape index (κ3) is 3.18. The van der Waals surface area contributed by atoms with Gasteiger partial charge in [-0.05, 0) is 60.7 Å². The summed E-state index contributed by atoms with van der Waals surface area (Å²) < 4.78 is 0. The van der Waals surface area contributed by atoms with Crippen molar-refractivity contribution in [3.63, 3.8) is 0 Å². The summed E-state index contributed by atoms with van der Waals surface area (Å²) in [5.74, 6) is -0.0693. The van der Waals surface area contributed by atoms with E-state index in [1.807, 2.05) is 46.2 Å². The van der Waals surface area contributed by atoms with Gasteiger partial charge in [-0.15, -0.1) is 0 Å². The van der Waals surface area contributed by atoms with Gasteiger partial charge in [0, 0.05) is 35.9 Å². The number of rotatable bonds is 2. The molecule has 2 amide bonds. The molecule has 1 atom stereocenters. The van der Waals surface area contributed by atoms with Crippen molar-refractivity contribution in [2.75, 3.05) is 11.4 Å². The summed E-state index contributed by atoms with van der Waals surface area (Å²) in [5.41, 5.74) is 5.80.